The zero-order valence-corrected chi connectivity index (χ0v) is 8.98. The number of nitrogens with zero attached hydrogens (tertiary/aromatic N) is 1. The van der Waals surface area contributed by atoms with E-state index in [0.717, 1.165) is 16.8 Å². The van der Waals surface area contributed by atoms with Gasteiger partial charge < -0.3 is 9.67 Å². The Hall–Kier alpha value is -2.50. The first-order valence-corrected chi connectivity index (χ1v) is 4.85. The molecule has 0 aliphatic carbocycles. The van der Waals surface area contributed by atoms with Crippen molar-refractivity contribution in [3.8, 4) is 0 Å². The molecule has 0 unspecified atom stereocenters. The highest BCUT2D eigenvalue weighted by atomic mass is 19.2. The quantitative estimate of drug-likeness (QED) is 0.888. The Morgan fingerprint density at radius 1 is 1.33 bits per heavy atom. The van der Waals surface area contributed by atoms with Crippen molar-refractivity contribution >= 4 is 23.1 Å². The molecule has 92 valence electrons. The molecule has 2 rings (SSSR count). The van der Waals surface area contributed by atoms with Crippen molar-refractivity contribution in [2.75, 3.05) is 0 Å². The fraction of sp³-hybridized carbons (Fsp3) is 0. The normalized spacial score (nSPS) is 10.6. The largest absolute Gasteiger partial charge is 0.477 e. The van der Waals surface area contributed by atoms with Gasteiger partial charge in [-0.3, -0.25) is 4.79 Å². The molecule has 0 spiro atoms. The highest BCUT2D eigenvalue weighted by molar-refractivity contribution is 5.93. The molecule has 0 bridgehead atoms. The Morgan fingerprint density at radius 3 is 2.50 bits per heavy atom. The van der Waals surface area contributed by atoms with E-state index in [4.69, 9.17) is 5.11 Å². The van der Waals surface area contributed by atoms with Gasteiger partial charge in [0.1, 0.15) is 5.56 Å². The van der Waals surface area contributed by atoms with Crippen LogP contribution < -0.4 is 5.43 Å². The molecule has 0 amide bonds. The minimum atomic E-state index is -1.44. The smallest absolute Gasteiger partial charge is 0.341 e. The summed E-state index contributed by atoms with van der Waals surface area (Å²) in [6.07, 6.45) is 2.21. The summed E-state index contributed by atoms with van der Waals surface area (Å²) in [7, 11) is 0. The lowest BCUT2D eigenvalue weighted by Crippen LogP contribution is -2.17. The van der Waals surface area contributed by atoms with Gasteiger partial charge in [-0.05, 0) is 6.07 Å². The van der Waals surface area contributed by atoms with E-state index in [1.165, 1.54) is 6.20 Å². The van der Waals surface area contributed by atoms with Crippen molar-refractivity contribution in [3.05, 3.63) is 52.3 Å². The zero-order chi connectivity index (χ0) is 13.4. The van der Waals surface area contributed by atoms with Crippen LogP contribution in [0.4, 0.5) is 8.78 Å². The van der Waals surface area contributed by atoms with Crippen molar-refractivity contribution in [1.29, 1.82) is 0 Å². The van der Waals surface area contributed by atoms with Crippen molar-refractivity contribution in [2.45, 2.75) is 0 Å². The number of pyridine rings is 1. The van der Waals surface area contributed by atoms with Crippen LogP contribution in [0.25, 0.3) is 17.1 Å². The van der Waals surface area contributed by atoms with Crippen LogP contribution in [0.3, 0.4) is 0 Å². The molecule has 18 heavy (non-hydrogen) atoms. The van der Waals surface area contributed by atoms with E-state index in [2.05, 4.69) is 6.58 Å². The SMILES string of the molecule is C=Cn1cc(C(=O)O)c(=O)c2cc(F)c(F)cc21. The molecule has 0 atom stereocenters. The molecular weight excluding hydrogens is 244 g/mol. The van der Waals surface area contributed by atoms with E-state index in [-0.39, 0.29) is 10.9 Å². The lowest BCUT2D eigenvalue weighted by molar-refractivity contribution is 0.0695. The second kappa shape index (κ2) is 4.06. The van der Waals surface area contributed by atoms with Crippen LogP contribution in [0.2, 0.25) is 0 Å². The van der Waals surface area contributed by atoms with Gasteiger partial charge in [0, 0.05) is 18.5 Å². The molecule has 6 heteroatoms. The molecule has 0 aliphatic rings. The molecule has 4 nitrogen and oxygen atoms in total. The Kier molecular flexibility index (Phi) is 2.70. The number of fused-ring (bicyclic) bond motifs is 1. The number of aromatic carboxylic acids is 1. The maximum Gasteiger partial charge on any atom is 0.341 e. The minimum absolute atomic E-state index is 0.0545. The number of aromatic nitrogens is 1. The van der Waals surface area contributed by atoms with E-state index in [1.54, 1.807) is 0 Å². The maximum absolute atomic E-state index is 13.1. The standard InChI is InChI=1S/C12H7F2NO3/c1-2-15-5-7(12(17)18)11(16)6-3-8(13)9(14)4-10(6)15/h2-5H,1H2,(H,17,18). The third-order valence-electron chi connectivity index (χ3n) is 2.50. The third kappa shape index (κ3) is 1.67. The van der Waals surface area contributed by atoms with Crippen molar-refractivity contribution < 1.29 is 18.7 Å². The van der Waals surface area contributed by atoms with Crippen molar-refractivity contribution in [3.63, 3.8) is 0 Å². The van der Waals surface area contributed by atoms with Crippen molar-refractivity contribution in [2.24, 2.45) is 0 Å². The maximum atomic E-state index is 13.1. The number of hydrogen-bond donors (Lipinski definition) is 1. The molecule has 0 radical (unpaired) electrons. The molecule has 0 saturated carbocycles. The Balaban J connectivity index is 3.03. The number of hydrogen-bond acceptors (Lipinski definition) is 2. The number of rotatable bonds is 2. The van der Waals surface area contributed by atoms with E-state index in [9.17, 15) is 18.4 Å². The van der Waals surface area contributed by atoms with Crippen LogP contribution in [0.1, 0.15) is 10.4 Å². The first kappa shape index (κ1) is 12.0. The summed E-state index contributed by atoms with van der Waals surface area (Å²) in [5.41, 5.74) is -1.35. The van der Waals surface area contributed by atoms with Gasteiger partial charge in [-0.25, -0.2) is 13.6 Å². The second-order valence-electron chi connectivity index (χ2n) is 3.55. The molecule has 1 N–H and O–H groups in total. The lowest BCUT2D eigenvalue weighted by atomic mass is 10.1. The van der Waals surface area contributed by atoms with Crippen LogP contribution in [0.15, 0.2) is 29.7 Å². The summed E-state index contributed by atoms with van der Waals surface area (Å²) >= 11 is 0. The van der Waals surface area contributed by atoms with Gasteiger partial charge in [-0.2, -0.15) is 0 Å². The molecule has 2 aromatic rings. The van der Waals surface area contributed by atoms with Gasteiger partial charge in [0.05, 0.1) is 10.9 Å². The monoisotopic (exact) mass is 251 g/mol. The first-order chi connectivity index (χ1) is 8.45. The van der Waals surface area contributed by atoms with E-state index in [1.807, 2.05) is 0 Å². The highest BCUT2D eigenvalue weighted by Crippen LogP contribution is 2.17. The van der Waals surface area contributed by atoms with Crippen molar-refractivity contribution in [1.82, 2.24) is 4.57 Å². The van der Waals surface area contributed by atoms with Gasteiger partial charge >= 0.3 is 5.97 Å². The summed E-state index contributed by atoms with van der Waals surface area (Å²) in [5.74, 6) is -3.78. The van der Waals surface area contributed by atoms with Crippen LogP contribution in [0.5, 0.6) is 0 Å². The number of halogens is 2. The summed E-state index contributed by atoms with van der Waals surface area (Å²) in [6, 6.07) is 1.50. The molecule has 0 saturated heterocycles. The first-order valence-electron chi connectivity index (χ1n) is 4.85. The molecular formula is C12H7F2NO3. The van der Waals surface area contributed by atoms with Gasteiger partial charge in [0.25, 0.3) is 0 Å². The summed E-state index contributed by atoms with van der Waals surface area (Å²) in [5, 5.41) is 8.64. The summed E-state index contributed by atoms with van der Waals surface area (Å²) < 4.78 is 27.4. The Labute approximate surface area is 99.4 Å². The third-order valence-corrected chi connectivity index (χ3v) is 2.50. The fourth-order valence-electron chi connectivity index (χ4n) is 1.65. The average molecular weight is 251 g/mol. The van der Waals surface area contributed by atoms with Crippen LogP contribution in [-0.2, 0) is 0 Å². The Morgan fingerprint density at radius 2 is 1.94 bits per heavy atom. The van der Waals surface area contributed by atoms with E-state index >= 15 is 0 Å². The number of carboxylic acid groups (broad SMARTS) is 1. The minimum Gasteiger partial charge on any atom is -0.477 e. The molecule has 1 aromatic heterocycles. The number of benzene rings is 1. The topological polar surface area (TPSA) is 59.3 Å². The lowest BCUT2D eigenvalue weighted by Gasteiger charge is -2.07. The fourth-order valence-corrected chi connectivity index (χ4v) is 1.65. The molecule has 1 aromatic carbocycles. The zero-order valence-electron chi connectivity index (χ0n) is 8.98. The predicted molar refractivity (Wildman–Crippen MR) is 61.5 cm³/mol. The van der Waals surface area contributed by atoms with Crippen LogP contribution >= 0.6 is 0 Å². The number of carboxylic acids is 1. The summed E-state index contributed by atoms with van der Waals surface area (Å²) in [6.45, 7) is 3.42. The van der Waals surface area contributed by atoms with Gasteiger partial charge in [0.15, 0.2) is 11.6 Å². The van der Waals surface area contributed by atoms with Gasteiger partial charge in [0.2, 0.25) is 5.43 Å². The van der Waals surface area contributed by atoms with E-state index < -0.39 is 28.6 Å². The highest BCUT2D eigenvalue weighted by Gasteiger charge is 2.16. The van der Waals surface area contributed by atoms with Crippen LogP contribution in [0, 0.1) is 11.6 Å². The van der Waals surface area contributed by atoms with Gasteiger partial charge in [-0.15, -0.1) is 0 Å². The van der Waals surface area contributed by atoms with Gasteiger partial charge in [-0.1, -0.05) is 6.58 Å². The molecule has 1 heterocycles. The van der Waals surface area contributed by atoms with E-state index in [0.29, 0.717) is 6.07 Å². The Bertz CT molecular complexity index is 734. The number of carbonyl (C=O) groups is 1. The molecule has 0 aliphatic heterocycles. The second-order valence-corrected chi connectivity index (χ2v) is 3.55. The average Bonchev–Trinajstić information content (AvgIpc) is 2.32. The summed E-state index contributed by atoms with van der Waals surface area (Å²) in [4.78, 5) is 22.7. The van der Waals surface area contributed by atoms with Crippen LogP contribution in [-0.4, -0.2) is 15.6 Å². The molecule has 0 fully saturated rings. The predicted octanol–water partition coefficient (Wildman–Crippen LogP) is 2.08.